The first-order valence-corrected chi connectivity index (χ1v) is 10.3. The molecule has 0 unspecified atom stereocenters. The van der Waals surface area contributed by atoms with Gasteiger partial charge in [-0.3, -0.25) is 10.1 Å². The van der Waals surface area contributed by atoms with E-state index in [9.17, 15) is 4.79 Å². The van der Waals surface area contributed by atoms with Crippen LogP contribution in [0.5, 0.6) is 0 Å². The van der Waals surface area contributed by atoms with Crippen LogP contribution in [0.3, 0.4) is 0 Å². The van der Waals surface area contributed by atoms with E-state index in [1.54, 1.807) is 0 Å². The van der Waals surface area contributed by atoms with Crippen molar-refractivity contribution in [3.8, 4) is 21.7 Å². The third kappa shape index (κ3) is 4.28. The van der Waals surface area contributed by atoms with E-state index in [0.29, 0.717) is 10.7 Å². The molecule has 0 saturated heterocycles. The molecule has 4 heteroatoms. The maximum atomic E-state index is 12.7. The van der Waals surface area contributed by atoms with E-state index in [-0.39, 0.29) is 5.91 Å². The van der Waals surface area contributed by atoms with Gasteiger partial charge in [0.05, 0.1) is 10.6 Å². The standard InChI is InChI=1S/C25H22N2OS/c1-16-7-11-19(12-8-16)22-23(20-13-9-17(2)10-14-20)29-25(26-22)27-24(28)21-6-4-5-18(3)15-21/h4-15H,1-3H3,(H,26,27,28). The minimum atomic E-state index is -0.145. The summed E-state index contributed by atoms with van der Waals surface area (Å²) in [6.45, 7) is 6.12. The Morgan fingerprint density at radius 2 is 1.41 bits per heavy atom. The monoisotopic (exact) mass is 398 g/mol. The van der Waals surface area contributed by atoms with Crippen LogP contribution in [-0.4, -0.2) is 10.9 Å². The maximum Gasteiger partial charge on any atom is 0.257 e. The molecule has 1 aromatic heterocycles. The molecule has 0 aliphatic heterocycles. The summed E-state index contributed by atoms with van der Waals surface area (Å²) < 4.78 is 0. The van der Waals surface area contributed by atoms with Crippen molar-refractivity contribution in [2.45, 2.75) is 20.8 Å². The molecule has 4 rings (SSSR count). The number of amides is 1. The van der Waals surface area contributed by atoms with Crippen LogP contribution in [0, 0.1) is 20.8 Å². The van der Waals surface area contributed by atoms with Crippen molar-refractivity contribution < 1.29 is 4.79 Å². The molecule has 0 atom stereocenters. The highest BCUT2D eigenvalue weighted by Gasteiger charge is 2.17. The van der Waals surface area contributed by atoms with E-state index in [1.807, 2.05) is 31.2 Å². The van der Waals surface area contributed by atoms with Gasteiger partial charge in [0.15, 0.2) is 5.13 Å². The molecule has 3 nitrogen and oxygen atoms in total. The van der Waals surface area contributed by atoms with Gasteiger partial charge in [0.2, 0.25) is 0 Å². The van der Waals surface area contributed by atoms with Gasteiger partial charge in [-0.25, -0.2) is 4.98 Å². The van der Waals surface area contributed by atoms with Gasteiger partial charge in [-0.2, -0.15) is 0 Å². The molecule has 0 fully saturated rings. The number of nitrogens with one attached hydrogen (secondary N) is 1. The summed E-state index contributed by atoms with van der Waals surface area (Å²) in [4.78, 5) is 18.5. The normalized spacial score (nSPS) is 10.7. The molecular weight excluding hydrogens is 376 g/mol. The number of nitrogens with zero attached hydrogens (tertiary/aromatic N) is 1. The zero-order chi connectivity index (χ0) is 20.4. The number of carbonyl (C=O) groups excluding carboxylic acids is 1. The first kappa shape index (κ1) is 19.1. The molecule has 0 radical (unpaired) electrons. The van der Waals surface area contributed by atoms with Gasteiger partial charge in [0, 0.05) is 11.1 Å². The van der Waals surface area contributed by atoms with E-state index >= 15 is 0 Å². The number of benzene rings is 3. The van der Waals surface area contributed by atoms with Gasteiger partial charge in [0.25, 0.3) is 5.91 Å². The molecule has 3 aromatic carbocycles. The number of hydrogen-bond donors (Lipinski definition) is 1. The highest BCUT2D eigenvalue weighted by atomic mass is 32.1. The first-order chi connectivity index (χ1) is 14.0. The third-order valence-electron chi connectivity index (χ3n) is 4.77. The Bertz CT molecular complexity index is 1100. The molecule has 0 bridgehead atoms. The Hall–Kier alpha value is -3.24. The molecule has 1 amide bonds. The summed E-state index contributed by atoms with van der Waals surface area (Å²) in [5, 5.41) is 3.58. The number of hydrogen-bond acceptors (Lipinski definition) is 3. The van der Waals surface area contributed by atoms with Crippen LogP contribution in [-0.2, 0) is 0 Å². The molecule has 0 aliphatic carbocycles. The van der Waals surface area contributed by atoms with Crippen molar-refractivity contribution in [2.75, 3.05) is 5.32 Å². The molecule has 144 valence electrons. The Balaban J connectivity index is 1.73. The zero-order valence-electron chi connectivity index (χ0n) is 16.7. The minimum Gasteiger partial charge on any atom is -0.298 e. The fourth-order valence-electron chi connectivity index (χ4n) is 3.14. The van der Waals surface area contributed by atoms with Crippen LogP contribution >= 0.6 is 11.3 Å². The topological polar surface area (TPSA) is 42.0 Å². The zero-order valence-corrected chi connectivity index (χ0v) is 17.5. The summed E-state index contributed by atoms with van der Waals surface area (Å²) in [5.41, 5.74) is 7.13. The molecule has 1 N–H and O–H groups in total. The van der Waals surface area contributed by atoms with Crippen molar-refractivity contribution in [3.63, 3.8) is 0 Å². The lowest BCUT2D eigenvalue weighted by atomic mass is 10.0. The summed E-state index contributed by atoms with van der Waals surface area (Å²) in [6.07, 6.45) is 0. The van der Waals surface area contributed by atoms with Gasteiger partial charge >= 0.3 is 0 Å². The van der Waals surface area contributed by atoms with Crippen molar-refractivity contribution in [3.05, 3.63) is 95.1 Å². The molecule has 4 aromatic rings. The number of aryl methyl sites for hydroxylation is 3. The predicted octanol–water partition coefficient (Wildman–Crippen LogP) is 6.65. The number of rotatable bonds is 4. The second-order valence-corrected chi connectivity index (χ2v) is 8.25. The lowest BCUT2D eigenvalue weighted by molar-refractivity contribution is 0.102. The lowest BCUT2D eigenvalue weighted by Crippen LogP contribution is -2.11. The van der Waals surface area contributed by atoms with E-state index in [0.717, 1.165) is 27.3 Å². The number of aromatic nitrogens is 1. The van der Waals surface area contributed by atoms with Crippen molar-refractivity contribution in [2.24, 2.45) is 0 Å². The average molecular weight is 399 g/mol. The van der Waals surface area contributed by atoms with E-state index in [1.165, 1.54) is 22.5 Å². The highest BCUT2D eigenvalue weighted by Crippen LogP contribution is 2.39. The second-order valence-electron chi connectivity index (χ2n) is 7.25. The fraction of sp³-hybridized carbons (Fsp3) is 0.120. The molecule has 0 spiro atoms. The van der Waals surface area contributed by atoms with Crippen LogP contribution in [0.4, 0.5) is 5.13 Å². The summed E-state index contributed by atoms with van der Waals surface area (Å²) in [7, 11) is 0. The van der Waals surface area contributed by atoms with Crippen molar-refractivity contribution in [1.82, 2.24) is 4.98 Å². The Morgan fingerprint density at radius 1 is 0.793 bits per heavy atom. The number of carbonyl (C=O) groups is 1. The van der Waals surface area contributed by atoms with Gasteiger partial charge < -0.3 is 0 Å². The van der Waals surface area contributed by atoms with Gasteiger partial charge in [-0.15, -0.1) is 0 Å². The first-order valence-electron chi connectivity index (χ1n) is 9.52. The van der Waals surface area contributed by atoms with Crippen molar-refractivity contribution in [1.29, 1.82) is 0 Å². The minimum absolute atomic E-state index is 0.145. The molecule has 0 aliphatic rings. The Morgan fingerprint density at radius 3 is 2.03 bits per heavy atom. The Labute approximate surface area is 175 Å². The van der Waals surface area contributed by atoms with Gasteiger partial charge in [-0.05, 0) is 38.5 Å². The molecule has 0 saturated carbocycles. The molecule has 29 heavy (non-hydrogen) atoms. The SMILES string of the molecule is Cc1ccc(-c2nc(NC(=O)c3cccc(C)c3)sc2-c2ccc(C)cc2)cc1. The highest BCUT2D eigenvalue weighted by molar-refractivity contribution is 7.19. The van der Waals surface area contributed by atoms with Crippen LogP contribution in [0.15, 0.2) is 72.8 Å². The summed E-state index contributed by atoms with van der Waals surface area (Å²) >= 11 is 1.50. The van der Waals surface area contributed by atoms with Crippen LogP contribution in [0.2, 0.25) is 0 Å². The average Bonchev–Trinajstić information content (AvgIpc) is 3.13. The van der Waals surface area contributed by atoms with Crippen molar-refractivity contribution >= 4 is 22.4 Å². The number of thiazole rings is 1. The fourth-order valence-corrected chi connectivity index (χ4v) is 4.12. The van der Waals surface area contributed by atoms with E-state index in [4.69, 9.17) is 4.98 Å². The predicted molar refractivity (Wildman–Crippen MR) is 122 cm³/mol. The second kappa shape index (κ2) is 8.02. The molecule has 1 heterocycles. The van der Waals surface area contributed by atoms with Crippen LogP contribution < -0.4 is 5.32 Å². The molecular formula is C25H22N2OS. The van der Waals surface area contributed by atoms with E-state index < -0.39 is 0 Å². The van der Waals surface area contributed by atoms with Crippen LogP contribution in [0.1, 0.15) is 27.0 Å². The number of anilines is 1. The summed E-state index contributed by atoms with van der Waals surface area (Å²) in [5.74, 6) is -0.145. The van der Waals surface area contributed by atoms with Crippen LogP contribution in [0.25, 0.3) is 21.7 Å². The Kier molecular flexibility index (Phi) is 5.28. The van der Waals surface area contributed by atoms with Gasteiger partial charge in [-0.1, -0.05) is 88.7 Å². The third-order valence-corrected chi connectivity index (χ3v) is 5.79. The largest absolute Gasteiger partial charge is 0.298 e. The maximum absolute atomic E-state index is 12.7. The van der Waals surface area contributed by atoms with E-state index in [2.05, 4.69) is 67.7 Å². The summed E-state index contributed by atoms with van der Waals surface area (Å²) in [6, 6.07) is 24.3. The van der Waals surface area contributed by atoms with Gasteiger partial charge in [0.1, 0.15) is 0 Å². The lowest BCUT2D eigenvalue weighted by Gasteiger charge is -2.04. The quantitative estimate of drug-likeness (QED) is 0.418. The smallest absolute Gasteiger partial charge is 0.257 e.